The number of hydrogen-bond acceptors (Lipinski definition) is 2. The lowest BCUT2D eigenvalue weighted by Crippen LogP contribution is -2.39. The second-order valence-corrected chi connectivity index (χ2v) is 7.19. The van der Waals surface area contributed by atoms with Crippen LogP contribution in [0.1, 0.15) is 47.2 Å². The number of likely N-dealkylation sites (tertiary alicyclic amines) is 1. The van der Waals surface area contributed by atoms with Crippen molar-refractivity contribution in [2.24, 2.45) is 5.92 Å². The van der Waals surface area contributed by atoms with Gasteiger partial charge in [0.1, 0.15) is 0 Å². The number of carbonyl (C=O) groups excluding carboxylic acids is 1. The van der Waals surface area contributed by atoms with Crippen molar-refractivity contribution in [3.63, 3.8) is 0 Å². The zero-order valence-electron chi connectivity index (χ0n) is 14.2. The fourth-order valence-electron chi connectivity index (χ4n) is 4.06. The molecule has 2 heterocycles. The molecule has 0 spiro atoms. The molecule has 0 saturated carbocycles. The number of aromatic nitrogens is 2. The first-order chi connectivity index (χ1) is 11.8. The number of aryl methyl sites for hydroxylation is 2. The summed E-state index contributed by atoms with van der Waals surface area (Å²) in [5.41, 5.74) is 3.71. The van der Waals surface area contributed by atoms with E-state index >= 15 is 0 Å². The number of benzene rings is 1. The van der Waals surface area contributed by atoms with E-state index in [1.54, 1.807) is 0 Å². The molecule has 1 aliphatic carbocycles. The molecule has 1 saturated heterocycles. The van der Waals surface area contributed by atoms with E-state index in [9.17, 15) is 4.79 Å². The van der Waals surface area contributed by atoms with Gasteiger partial charge in [0, 0.05) is 37.6 Å². The summed E-state index contributed by atoms with van der Waals surface area (Å²) in [6, 6.07) is 6.35. The van der Waals surface area contributed by atoms with Gasteiger partial charge in [-0.05, 0) is 67.7 Å². The van der Waals surface area contributed by atoms with Crippen LogP contribution in [0.5, 0.6) is 0 Å². The second-order valence-electron chi connectivity index (χ2n) is 7.19. The van der Waals surface area contributed by atoms with E-state index in [-0.39, 0.29) is 5.91 Å². The summed E-state index contributed by atoms with van der Waals surface area (Å²) in [6.45, 7) is 2.76. The van der Waals surface area contributed by atoms with Gasteiger partial charge in [-0.2, -0.15) is 0 Å². The number of imidazole rings is 1. The Hall–Kier alpha value is -2.10. The molecule has 0 unspecified atom stereocenters. The molecule has 2 aromatic rings. The molecule has 4 heteroatoms. The first-order valence-electron chi connectivity index (χ1n) is 9.16. The Morgan fingerprint density at radius 1 is 1.12 bits per heavy atom. The van der Waals surface area contributed by atoms with Crippen molar-refractivity contribution in [2.45, 2.75) is 45.1 Å². The number of rotatable bonds is 3. The topological polar surface area (TPSA) is 38.1 Å². The minimum atomic E-state index is 0.212. The normalized spacial score (nSPS) is 18.4. The third kappa shape index (κ3) is 3.23. The molecule has 2 aliphatic rings. The third-order valence-electron chi connectivity index (χ3n) is 5.53. The zero-order valence-corrected chi connectivity index (χ0v) is 14.2. The van der Waals surface area contributed by atoms with Gasteiger partial charge in [0.25, 0.3) is 5.91 Å². The summed E-state index contributed by atoms with van der Waals surface area (Å²) in [4.78, 5) is 19.0. The molecule has 0 atom stereocenters. The first kappa shape index (κ1) is 15.4. The van der Waals surface area contributed by atoms with E-state index in [1.807, 2.05) is 29.7 Å². The minimum Gasteiger partial charge on any atom is -0.339 e. The van der Waals surface area contributed by atoms with Crippen LogP contribution >= 0.6 is 0 Å². The summed E-state index contributed by atoms with van der Waals surface area (Å²) in [5.74, 6) is 0.858. The average molecular weight is 323 g/mol. The standard InChI is InChI=1S/C20H25N3O/c24-20(19-6-5-17-3-1-2-4-18(17)13-19)23-10-7-16(8-11-23)14-22-12-9-21-15-22/h5-6,9,12-13,15-16H,1-4,7-8,10-11,14H2. The predicted octanol–water partition coefficient (Wildman–Crippen LogP) is 3.31. The van der Waals surface area contributed by atoms with Crippen LogP contribution in [0.25, 0.3) is 0 Å². The molecular weight excluding hydrogens is 298 g/mol. The number of piperidine rings is 1. The SMILES string of the molecule is O=C(c1ccc2c(c1)CCCC2)N1CCC(Cn2ccnc2)CC1. The highest BCUT2D eigenvalue weighted by Crippen LogP contribution is 2.25. The lowest BCUT2D eigenvalue weighted by atomic mass is 9.90. The van der Waals surface area contributed by atoms with Gasteiger partial charge in [0.15, 0.2) is 0 Å². The van der Waals surface area contributed by atoms with Crippen molar-refractivity contribution >= 4 is 5.91 Å². The van der Waals surface area contributed by atoms with Crippen LogP contribution < -0.4 is 0 Å². The van der Waals surface area contributed by atoms with Crippen LogP contribution in [0, 0.1) is 5.92 Å². The Kier molecular flexibility index (Phi) is 4.37. The van der Waals surface area contributed by atoms with Gasteiger partial charge in [-0.3, -0.25) is 4.79 Å². The van der Waals surface area contributed by atoms with Crippen molar-refractivity contribution in [2.75, 3.05) is 13.1 Å². The fraction of sp³-hybridized carbons (Fsp3) is 0.500. The first-order valence-corrected chi connectivity index (χ1v) is 9.16. The Labute approximate surface area is 143 Å². The minimum absolute atomic E-state index is 0.212. The van der Waals surface area contributed by atoms with E-state index in [0.29, 0.717) is 5.92 Å². The lowest BCUT2D eigenvalue weighted by molar-refractivity contribution is 0.0682. The molecule has 126 valence electrons. The van der Waals surface area contributed by atoms with E-state index in [4.69, 9.17) is 0 Å². The quantitative estimate of drug-likeness (QED) is 0.869. The number of hydrogen-bond donors (Lipinski definition) is 0. The summed E-state index contributed by atoms with van der Waals surface area (Å²) < 4.78 is 2.14. The highest BCUT2D eigenvalue weighted by atomic mass is 16.2. The number of carbonyl (C=O) groups is 1. The molecule has 1 aliphatic heterocycles. The van der Waals surface area contributed by atoms with Crippen LogP contribution in [-0.2, 0) is 19.4 Å². The van der Waals surface area contributed by atoms with Crippen LogP contribution in [0.15, 0.2) is 36.9 Å². The summed E-state index contributed by atoms with van der Waals surface area (Å²) in [5, 5.41) is 0. The Morgan fingerprint density at radius 2 is 1.92 bits per heavy atom. The van der Waals surface area contributed by atoms with E-state index in [1.165, 1.54) is 30.4 Å². The van der Waals surface area contributed by atoms with E-state index < -0.39 is 0 Å². The largest absolute Gasteiger partial charge is 0.339 e. The van der Waals surface area contributed by atoms with Crippen LogP contribution in [-0.4, -0.2) is 33.4 Å². The number of fused-ring (bicyclic) bond motifs is 1. The van der Waals surface area contributed by atoms with Gasteiger partial charge in [0.05, 0.1) is 6.33 Å². The van der Waals surface area contributed by atoms with Crippen molar-refractivity contribution in [3.05, 3.63) is 53.6 Å². The Bertz CT molecular complexity index is 700. The predicted molar refractivity (Wildman–Crippen MR) is 93.9 cm³/mol. The highest BCUT2D eigenvalue weighted by molar-refractivity contribution is 5.94. The highest BCUT2D eigenvalue weighted by Gasteiger charge is 2.24. The maximum Gasteiger partial charge on any atom is 0.253 e. The summed E-state index contributed by atoms with van der Waals surface area (Å²) >= 11 is 0. The maximum atomic E-state index is 12.8. The second kappa shape index (κ2) is 6.80. The maximum absolute atomic E-state index is 12.8. The molecule has 4 rings (SSSR count). The van der Waals surface area contributed by atoms with E-state index in [0.717, 1.165) is 44.5 Å². The Balaban J connectivity index is 1.37. The molecular formula is C20H25N3O. The van der Waals surface area contributed by atoms with Gasteiger partial charge in [-0.15, -0.1) is 0 Å². The molecule has 0 bridgehead atoms. The molecule has 1 aromatic carbocycles. The molecule has 4 nitrogen and oxygen atoms in total. The summed E-state index contributed by atoms with van der Waals surface area (Å²) in [7, 11) is 0. The van der Waals surface area contributed by atoms with Crippen molar-refractivity contribution < 1.29 is 4.79 Å². The zero-order chi connectivity index (χ0) is 16.4. The molecule has 0 radical (unpaired) electrons. The van der Waals surface area contributed by atoms with Gasteiger partial charge < -0.3 is 9.47 Å². The fourth-order valence-corrected chi connectivity index (χ4v) is 4.06. The van der Waals surface area contributed by atoms with Crippen LogP contribution in [0.4, 0.5) is 0 Å². The van der Waals surface area contributed by atoms with Gasteiger partial charge >= 0.3 is 0 Å². The lowest BCUT2D eigenvalue weighted by Gasteiger charge is -2.32. The van der Waals surface area contributed by atoms with E-state index in [2.05, 4.69) is 21.7 Å². The van der Waals surface area contributed by atoms with Crippen LogP contribution in [0.3, 0.4) is 0 Å². The molecule has 0 N–H and O–H groups in total. The Morgan fingerprint density at radius 3 is 2.67 bits per heavy atom. The van der Waals surface area contributed by atoms with Gasteiger partial charge in [0.2, 0.25) is 0 Å². The van der Waals surface area contributed by atoms with Gasteiger partial charge in [-0.1, -0.05) is 6.07 Å². The number of nitrogens with zero attached hydrogens (tertiary/aromatic N) is 3. The van der Waals surface area contributed by atoms with Crippen molar-refractivity contribution in [3.8, 4) is 0 Å². The van der Waals surface area contributed by atoms with Crippen LogP contribution in [0.2, 0.25) is 0 Å². The van der Waals surface area contributed by atoms with Crippen molar-refractivity contribution in [1.82, 2.24) is 14.5 Å². The molecule has 1 fully saturated rings. The summed E-state index contributed by atoms with van der Waals surface area (Å²) in [6.07, 6.45) is 12.7. The smallest absolute Gasteiger partial charge is 0.253 e. The third-order valence-corrected chi connectivity index (χ3v) is 5.53. The average Bonchev–Trinajstić information content (AvgIpc) is 3.14. The van der Waals surface area contributed by atoms with Crippen molar-refractivity contribution in [1.29, 1.82) is 0 Å². The monoisotopic (exact) mass is 323 g/mol. The molecule has 1 amide bonds. The molecule has 1 aromatic heterocycles. The number of amides is 1. The van der Waals surface area contributed by atoms with Gasteiger partial charge in [-0.25, -0.2) is 4.98 Å². The molecule has 24 heavy (non-hydrogen) atoms.